The van der Waals surface area contributed by atoms with Gasteiger partial charge in [-0.15, -0.1) is 12.4 Å². The molecule has 0 aromatic rings. The lowest BCUT2D eigenvalue weighted by Gasteiger charge is -2.12. The normalized spacial score (nSPS) is 23.2. The summed E-state index contributed by atoms with van der Waals surface area (Å²) in [4.78, 5) is 11.7. The molecule has 8 heteroatoms. The first-order valence-electron chi connectivity index (χ1n) is 6.33. The summed E-state index contributed by atoms with van der Waals surface area (Å²) in [5, 5.41) is 2.66. The third kappa shape index (κ3) is 7.10. The quantitative estimate of drug-likeness (QED) is 0.641. The van der Waals surface area contributed by atoms with Gasteiger partial charge in [-0.25, -0.2) is 13.1 Å². The Labute approximate surface area is 121 Å². The predicted molar refractivity (Wildman–Crippen MR) is 77.6 cm³/mol. The fraction of sp³-hybridized carbons (Fsp3) is 0.909. The van der Waals surface area contributed by atoms with E-state index in [1.807, 2.05) is 0 Å². The van der Waals surface area contributed by atoms with E-state index in [-0.39, 0.29) is 48.6 Å². The van der Waals surface area contributed by atoms with Crippen molar-refractivity contribution in [3.63, 3.8) is 0 Å². The van der Waals surface area contributed by atoms with Gasteiger partial charge >= 0.3 is 0 Å². The van der Waals surface area contributed by atoms with Crippen LogP contribution in [0.1, 0.15) is 33.1 Å². The Hall–Kier alpha value is -0.370. The molecule has 0 spiro atoms. The Kier molecular flexibility index (Phi) is 7.88. The summed E-state index contributed by atoms with van der Waals surface area (Å²) in [6.07, 6.45) is 2.36. The highest BCUT2D eigenvalue weighted by molar-refractivity contribution is 7.89. The molecule has 1 fully saturated rings. The van der Waals surface area contributed by atoms with Gasteiger partial charge in [-0.3, -0.25) is 4.79 Å². The van der Waals surface area contributed by atoms with Gasteiger partial charge in [0.25, 0.3) is 0 Å². The standard InChI is InChI=1S/C11H23N3O3S.ClH/c1-8(2)14-18(16,17)6-5-13-11(15)9-3-4-10(12)7-9;/h8-10,14H,3-7,12H2,1-2H3,(H,13,15);1H. The number of amides is 1. The number of carbonyl (C=O) groups is 1. The van der Waals surface area contributed by atoms with Gasteiger partial charge < -0.3 is 11.1 Å². The first kappa shape index (κ1) is 18.6. The number of sulfonamides is 1. The average Bonchev–Trinajstić information content (AvgIpc) is 2.62. The van der Waals surface area contributed by atoms with Crippen LogP contribution in [0.5, 0.6) is 0 Å². The van der Waals surface area contributed by atoms with Crippen LogP contribution in [0.3, 0.4) is 0 Å². The van der Waals surface area contributed by atoms with E-state index in [4.69, 9.17) is 5.73 Å². The minimum absolute atomic E-state index is 0. The fourth-order valence-corrected chi connectivity index (χ4v) is 3.33. The van der Waals surface area contributed by atoms with Crippen LogP contribution in [0, 0.1) is 5.92 Å². The van der Waals surface area contributed by atoms with E-state index in [1.165, 1.54) is 0 Å². The van der Waals surface area contributed by atoms with E-state index in [9.17, 15) is 13.2 Å². The fourth-order valence-electron chi connectivity index (χ4n) is 2.13. The van der Waals surface area contributed by atoms with Crippen LogP contribution in [0.25, 0.3) is 0 Å². The number of hydrogen-bond acceptors (Lipinski definition) is 4. The molecule has 4 N–H and O–H groups in total. The molecule has 0 radical (unpaired) electrons. The molecule has 2 unspecified atom stereocenters. The van der Waals surface area contributed by atoms with Gasteiger partial charge in [0.15, 0.2) is 0 Å². The van der Waals surface area contributed by atoms with Crippen molar-refractivity contribution in [2.24, 2.45) is 11.7 Å². The highest BCUT2D eigenvalue weighted by atomic mass is 35.5. The maximum atomic E-state index is 11.7. The van der Waals surface area contributed by atoms with Crippen molar-refractivity contribution >= 4 is 28.3 Å². The average molecular weight is 314 g/mol. The number of nitrogens with one attached hydrogen (secondary N) is 2. The summed E-state index contributed by atoms with van der Waals surface area (Å²) in [5.41, 5.74) is 5.73. The lowest BCUT2D eigenvalue weighted by atomic mass is 10.1. The van der Waals surface area contributed by atoms with Gasteiger partial charge in [0.2, 0.25) is 15.9 Å². The van der Waals surface area contributed by atoms with Gasteiger partial charge in [0.1, 0.15) is 0 Å². The summed E-state index contributed by atoms with van der Waals surface area (Å²) in [5.74, 6) is -0.223. The summed E-state index contributed by atoms with van der Waals surface area (Å²) in [6, 6.07) is -0.0226. The second-order valence-electron chi connectivity index (χ2n) is 5.15. The molecule has 0 heterocycles. The molecule has 0 aliphatic heterocycles. The van der Waals surface area contributed by atoms with Crippen molar-refractivity contribution in [1.29, 1.82) is 0 Å². The van der Waals surface area contributed by atoms with Crippen LogP contribution in [0.4, 0.5) is 0 Å². The molecule has 0 aromatic heterocycles. The molecule has 1 aliphatic rings. The minimum Gasteiger partial charge on any atom is -0.355 e. The Morgan fingerprint density at radius 3 is 2.47 bits per heavy atom. The zero-order chi connectivity index (χ0) is 13.8. The SMILES string of the molecule is CC(C)NS(=O)(=O)CCNC(=O)C1CCC(N)C1.Cl. The Morgan fingerprint density at radius 2 is 2.00 bits per heavy atom. The molecule has 1 aliphatic carbocycles. The van der Waals surface area contributed by atoms with Gasteiger partial charge in [-0.1, -0.05) is 0 Å². The molecule has 1 saturated carbocycles. The Balaban J connectivity index is 0.00000324. The molecule has 0 aromatic carbocycles. The maximum absolute atomic E-state index is 11.7. The summed E-state index contributed by atoms with van der Waals surface area (Å²) in [6.45, 7) is 3.67. The van der Waals surface area contributed by atoms with Crippen LogP contribution < -0.4 is 15.8 Å². The maximum Gasteiger partial charge on any atom is 0.223 e. The van der Waals surface area contributed by atoms with Gasteiger partial charge in [0, 0.05) is 24.5 Å². The van der Waals surface area contributed by atoms with Gasteiger partial charge in [-0.05, 0) is 33.1 Å². The van der Waals surface area contributed by atoms with Crippen LogP contribution >= 0.6 is 12.4 Å². The highest BCUT2D eigenvalue weighted by Crippen LogP contribution is 2.23. The van der Waals surface area contributed by atoms with Crippen molar-refractivity contribution in [2.45, 2.75) is 45.2 Å². The lowest BCUT2D eigenvalue weighted by molar-refractivity contribution is -0.124. The van der Waals surface area contributed by atoms with Crippen LogP contribution in [-0.2, 0) is 14.8 Å². The van der Waals surface area contributed by atoms with E-state index >= 15 is 0 Å². The molecular weight excluding hydrogens is 290 g/mol. The van der Waals surface area contributed by atoms with Gasteiger partial charge in [0.05, 0.1) is 5.75 Å². The Bertz CT molecular complexity index is 387. The highest BCUT2D eigenvalue weighted by Gasteiger charge is 2.27. The third-order valence-corrected chi connectivity index (χ3v) is 4.50. The first-order valence-corrected chi connectivity index (χ1v) is 7.98. The number of carbonyl (C=O) groups excluding carboxylic acids is 1. The largest absolute Gasteiger partial charge is 0.355 e. The molecule has 19 heavy (non-hydrogen) atoms. The van der Waals surface area contributed by atoms with E-state index in [0.717, 1.165) is 12.8 Å². The minimum atomic E-state index is -3.30. The van der Waals surface area contributed by atoms with Crippen LogP contribution in [0.2, 0.25) is 0 Å². The second kappa shape index (κ2) is 8.04. The van der Waals surface area contributed by atoms with Gasteiger partial charge in [-0.2, -0.15) is 0 Å². The molecule has 2 atom stereocenters. The van der Waals surface area contributed by atoms with Crippen LogP contribution in [0.15, 0.2) is 0 Å². The molecule has 6 nitrogen and oxygen atoms in total. The smallest absolute Gasteiger partial charge is 0.223 e. The molecule has 0 bridgehead atoms. The number of nitrogens with two attached hydrogens (primary N) is 1. The predicted octanol–water partition coefficient (Wildman–Crippen LogP) is -0.0204. The molecule has 1 rings (SSSR count). The van der Waals surface area contributed by atoms with Crippen LogP contribution in [-0.4, -0.2) is 38.7 Å². The van der Waals surface area contributed by atoms with E-state index in [1.54, 1.807) is 13.8 Å². The second-order valence-corrected chi connectivity index (χ2v) is 7.03. The monoisotopic (exact) mass is 313 g/mol. The van der Waals surface area contributed by atoms with E-state index < -0.39 is 10.0 Å². The van der Waals surface area contributed by atoms with E-state index in [2.05, 4.69) is 10.0 Å². The third-order valence-electron chi connectivity index (χ3n) is 2.93. The number of halogens is 1. The van der Waals surface area contributed by atoms with Crippen molar-refractivity contribution in [3.8, 4) is 0 Å². The topological polar surface area (TPSA) is 101 Å². The summed E-state index contributed by atoms with van der Waals surface area (Å²) < 4.78 is 25.5. The molecule has 0 saturated heterocycles. The Morgan fingerprint density at radius 1 is 1.37 bits per heavy atom. The molecule has 1 amide bonds. The van der Waals surface area contributed by atoms with Crippen molar-refractivity contribution in [3.05, 3.63) is 0 Å². The lowest BCUT2D eigenvalue weighted by Crippen LogP contribution is -2.38. The van der Waals surface area contributed by atoms with Crippen molar-refractivity contribution in [2.75, 3.05) is 12.3 Å². The zero-order valence-corrected chi connectivity index (χ0v) is 13.0. The first-order chi connectivity index (χ1) is 8.30. The number of rotatable bonds is 6. The molecule has 114 valence electrons. The van der Waals surface area contributed by atoms with E-state index in [0.29, 0.717) is 6.42 Å². The van der Waals surface area contributed by atoms with Crippen molar-refractivity contribution < 1.29 is 13.2 Å². The summed E-state index contributed by atoms with van der Waals surface area (Å²) >= 11 is 0. The molecular formula is C11H24ClN3O3S. The summed E-state index contributed by atoms with van der Waals surface area (Å²) in [7, 11) is -3.30. The zero-order valence-electron chi connectivity index (χ0n) is 11.4. The van der Waals surface area contributed by atoms with Crippen molar-refractivity contribution in [1.82, 2.24) is 10.0 Å². The number of hydrogen-bond donors (Lipinski definition) is 3.